The van der Waals surface area contributed by atoms with Crippen LogP contribution in [0.25, 0.3) is 17.1 Å². The van der Waals surface area contributed by atoms with Crippen LogP contribution < -0.4 is 14.8 Å². The quantitative estimate of drug-likeness (QED) is 0.521. The summed E-state index contributed by atoms with van der Waals surface area (Å²) in [5, 5.41) is 19.4. The second-order valence-electron chi connectivity index (χ2n) is 7.74. The number of nitrogens with one attached hydrogen (secondary N) is 2. The van der Waals surface area contributed by atoms with Crippen molar-refractivity contribution < 1.29 is 24.2 Å². The molecule has 164 valence electrons. The number of carbonyl (C=O) groups is 2. The van der Waals surface area contributed by atoms with Gasteiger partial charge in [-0.2, -0.15) is 5.10 Å². The number of H-pyrrole nitrogens is 1. The SMILES string of the molecule is COc1ccc2c(c1CN1CC[C@@H](NC(=O)O)C1)O/C(=C\c1n[nH]c3ncccc13)C2=O. The third kappa shape index (κ3) is 3.54. The number of nitrogens with zero attached hydrogens (tertiary/aromatic N) is 3. The summed E-state index contributed by atoms with van der Waals surface area (Å²) in [5.74, 6) is 1.03. The lowest BCUT2D eigenvalue weighted by molar-refractivity contribution is 0.101. The molecule has 0 unspecified atom stereocenters. The highest BCUT2D eigenvalue weighted by molar-refractivity contribution is 6.15. The summed E-state index contributed by atoms with van der Waals surface area (Å²) in [4.78, 5) is 30.3. The Balaban J connectivity index is 1.44. The molecule has 5 rings (SSSR count). The van der Waals surface area contributed by atoms with Crippen molar-refractivity contribution in [2.45, 2.75) is 19.0 Å². The smallest absolute Gasteiger partial charge is 0.404 e. The Labute approximate surface area is 182 Å². The predicted octanol–water partition coefficient (Wildman–Crippen LogP) is 2.42. The van der Waals surface area contributed by atoms with Gasteiger partial charge in [-0.1, -0.05) is 0 Å². The molecule has 0 bridgehead atoms. The number of carbonyl (C=O) groups excluding carboxylic acids is 1. The molecule has 1 amide bonds. The standard InChI is InChI=1S/C22H21N5O5/c1-31-17-5-4-14-19(28)18(9-16-13-3-2-7-23-21(13)26-25-16)32-20(14)15(17)11-27-8-6-12(10-27)24-22(29)30/h2-5,7,9,12,24H,6,8,10-11H2,1H3,(H,29,30)(H,23,25,26)/b18-9-/t12-/m1/s1. The molecule has 4 heterocycles. The van der Waals surface area contributed by atoms with Crippen molar-refractivity contribution in [3.05, 3.63) is 53.0 Å². The summed E-state index contributed by atoms with van der Waals surface area (Å²) in [6, 6.07) is 7.00. The number of methoxy groups -OCH3 is 1. The maximum atomic E-state index is 13.0. The number of allylic oxidation sites excluding steroid dienone is 1. The second-order valence-corrected chi connectivity index (χ2v) is 7.74. The van der Waals surface area contributed by atoms with E-state index < -0.39 is 6.09 Å². The van der Waals surface area contributed by atoms with E-state index in [1.165, 1.54) is 0 Å². The van der Waals surface area contributed by atoms with E-state index in [4.69, 9.17) is 14.6 Å². The lowest BCUT2D eigenvalue weighted by Gasteiger charge is -2.19. The predicted molar refractivity (Wildman–Crippen MR) is 115 cm³/mol. The summed E-state index contributed by atoms with van der Waals surface area (Å²) in [6.45, 7) is 1.77. The first-order valence-electron chi connectivity index (χ1n) is 10.2. The molecular formula is C22H21N5O5. The molecule has 1 aromatic carbocycles. The van der Waals surface area contributed by atoms with Crippen molar-refractivity contribution in [3.63, 3.8) is 0 Å². The first-order valence-corrected chi connectivity index (χ1v) is 10.2. The van der Waals surface area contributed by atoms with Crippen LogP contribution in [0, 0.1) is 0 Å². The Morgan fingerprint density at radius 1 is 1.44 bits per heavy atom. The van der Waals surface area contributed by atoms with Gasteiger partial charge in [0.1, 0.15) is 11.5 Å². The molecule has 2 aliphatic heterocycles. The highest BCUT2D eigenvalue weighted by Crippen LogP contribution is 2.41. The van der Waals surface area contributed by atoms with Gasteiger partial charge in [-0.15, -0.1) is 0 Å². The summed E-state index contributed by atoms with van der Waals surface area (Å²) in [5.41, 5.74) is 2.42. The number of likely N-dealkylation sites (tertiary alicyclic amines) is 1. The number of carboxylic acid groups (broad SMARTS) is 1. The van der Waals surface area contributed by atoms with Gasteiger partial charge in [0.05, 0.1) is 23.9 Å². The molecule has 0 saturated carbocycles. The van der Waals surface area contributed by atoms with E-state index in [9.17, 15) is 9.59 Å². The van der Waals surface area contributed by atoms with E-state index in [1.807, 2.05) is 6.07 Å². The summed E-state index contributed by atoms with van der Waals surface area (Å²) in [7, 11) is 1.57. The van der Waals surface area contributed by atoms with Gasteiger partial charge in [-0.3, -0.25) is 14.8 Å². The van der Waals surface area contributed by atoms with E-state index >= 15 is 0 Å². The number of aromatic nitrogens is 3. The van der Waals surface area contributed by atoms with Gasteiger partial charge in [0.2, 0.25) is 5.78 Å². The topological polar surface area (TPSA) is 130 Å². The number of amides is 1. The largest absolute Gasteiger partial charge is 0.496 e. The molecule has 3 aromatic rings. The normalized spacial score (nSPS) is 19.3. The Morgan fingerprint density at radius 3 is 3.12 bits per heavy atom. The van der Waals surface area contributed by atoms with Crippen LogP contribution in [0.5, 0.6) is 11.5 Å². The fraction of sp³-hybridized carbons (Fsp3) is 0.273. The van der Waals surface area contributed by atoms with Crippen molar-refractivity contribution in [2.75, 3.05) is 20.2 Å². The van der Waals surface area contributed by atoms with E-state index in [0.717, 1.165) is 23.9 Å². The van der Waals surface area contributed by atoms with Gasteiger partial charge in [0.15, 0.2) is 11.4 Å². The summed E-state index contributed by atoms with van der Waals surface area (Å²) in [6.07, 6.45) is 2.97. The molecule has 1 fully saturated rings. The average molecular weight is 435 g/mol. The van der Waals surface area contributed by atoms with Crippen molar-refractivity contribution in [1.29, 1.82) is 0 Å². The highest BCUT2D eigenvalue weighted by atomic mass is 16.5. The van der Waals surface area contributed by atoms with E-state index in [1.54, 1.807) is 37.6 Å². The van der Waals surface area contributed by atoms with E-state index in [0.29, 0.717) is 41.5 Å². The maximum Gasteiger partial charge on any atom is 0.404 e. The zero-order valence-corrected chi connectivity index (χ0v) is 17.3. The van der Waals surface area contributed by atoms with Crippen LogP contribution >= 0.6 is 0 Å². The number of hydrogen-bond donors (Lipinski definition) is 3. The van der Waals surface area contributed by atoms with Crippen LogP contribution in [-0.2, 0) is 6.54 Å². The van der Waals surface area contributed by atoms with E-state index in [-0.39, 0.29) is 17.6 Å². The molecule has 0 radical (unpaired) electrons. The third-order valence-corrected chi connectivity index (χ3v) is 5.73. The molecule has 1 saturated heterocycles. The summed E-state index contributed by atoms with van der Waals surface area (Å²) < 4.78 is 11.6. The number of rotatable bonds is 5. The molecule has 0 spiro atoms. The molecule has 3 N–H and O–H groups in total. The lowest BCUT2D eigenvalue weighted by Crippen LogP contribution is -2.35. The van der Waals surface area contributed by atoms with Crippen LogP contribution in [0.15, 0.2) is 36.2 Å². The molecule has 1 atom stereocenters. The van der Waals surface area contributed by atoms with Crippen LogP contribution in [-0.4, -0.2) is 63.3 Å². The van der Waals surface area contributed by atoms with Gasteiger partial charge >= 0.3 is 6.09 Å². The molecular weight excluding hydrogens is 414 g/mol. The average Bonchev–Trinajstić information content (AvgIpc) is 3.47. The molecule has 32 heavy (non-hydrogen) atoms. The van der Waals surface area contributed by atoms with Crippen molar-refractivity contribution in [1.82, 2.24) is 25.4 Å². The second kappa shape index (κ2) is 7.97. The Morgan fingerprint density at radius 2 is 2.31 bits per heavy atom. The minimum Gasteiger partial charge on any atom is -0.496 e. The van der Waals surface area contributed by atoms with Crippen molar-refractivity contribution in [2.24, 2.45) is 0 Å². The fourth-order valence-corrected chi connectivity index (χ4v) is 4.23. The van der Waals surface area contributed by atoms with Crippen molar-refractivity contribution in [3.8, 4) is 11.5 Å². The van der Waals surface area contributed by atoms with Gasteiger partial charge in [-0.05, 0) is 30.7 Å². The van der Waals surface area contributed by atoms with Crippen LogP contribution in [0.4, 0.5) is 4.79 Å². The molecule has 0 aliphatic carbocycles. The molecule has 10 heteroatoms. The number of fused-ring (bicyclic) bond motifs is 2. The van der Waals surface area contributed by atoms with Crippen LogP contribution in [0.3, 0.4) is 0 Å². The Bertz CT molecular complexity index is 1250. The first kappa shape index (κ1) is 20.0. The number of pyridine rings is 1. The number of aromatic amines is 1. The zero-order valence-electron chi connectivity index (χ0n) is 17.3. The maximum absolute atomic E-state index is 13.0. The first-order chi connectivity index (χ1) is 15.5. The zero-order chi connectivity index (χ0) is 22.2. The number of ketones is 1. The number of hydrogen-bond acceptors (Lipinski definition) is 7. The molecule has 10 nitrogen and oxygen atoms in total. The monoisotopic (exact) mass is 435 g/mol. The van der Waals surface area contributed by atoms with Gasteiger partial charge in [0.25, 0.3) is 0 Å². The highest BCUT2D eigenvalue weighted by Gasteiger charge is 2.33. The number of ether oxygens (including phenoxy) is 2. The minimum absolute atomic E-state index is 0.130. The third-order valence-electron chi connectivity index (χ3n) is 5.73. The van der Waals surface area contributed by atoms with Crippen LogP contribution in [0.1, 0.15) is 28.0 Å². The lowest BCUT2D eigenvalue weighted by atomic mass is 10.0. The van der Waals surface area contributed by atoms with Crippen LogP contribution in [0.2, 0.25) is 0 Å². The Kier molecular flexibility index (Phi) is 4.98. The van der Waals surface area contributed by atoms with Crippen molar-refractivity contribution >= 4 is 29.0 Å². The van der Waals surface area contributed by atoms with Gasteiger partial charge < -0.3 is 19.9 Å². The van der Waals surface area contributed by atoms with E-state index in [2.05, 4.69) is 25.4 Å². The van der Waals surface area contributed by atoms with Gasteiger partial charge in [0, 0.05) is 43.3 Å². The minimum atomic E-state index is -1.03. The van der Waals surface area contributed by atoms with Gasteiger partial charge in [-0.25, -0.2) is 9.78 Å². The fourth-order valence-electron chi connectivity index (χ4n) is 4.23. The molecule has 2 aliphatic rings. The summed E-state index contributed by atoms with van der Waals surface area (Å²) >= 11 is 0. The molecule has 2 aromatic heterocycles. The number of Topliss-reactive ketones (excluding diaryl/α,β-unsaturated/α-hetero) is 1. The Hall–Kier alpha value is -3.92. The number of benzene rings is 1.